The highest BCUT2D eigenvalue weighted by Crippen LogP contribution is 2.21. The zero-order valence-corrected chi connectivity index (χ0v) is 17.1. The van der Waals surface area contributed by atoms with E-state index in [2.05, 4.69) is 26.6 Å². The average Bonchev–Trinajstić information content (AvgIpc) is 2.61. The van der Waals surface area contributed by atoms with Gasteiger partial charge >= 0.3 is 6.03 Å². The first-order valence-corrected chi connectivity index (χ1v) is 10.6. The maximum atomic E-state index is 12.7. The highest BCUT2D eigenvalue weighted by Gasteiger charge is 2.32. The van der Waals surface area contributed by atoms with Gasteiger partial charge in [-0.25, -0.2) is 13.2 Å². The van der Waals surface area contributed by atoms with Gasteiger partial charge in [0.15, 0.2) is 0 Å². The average molecular weight is 447 g/mol. The summed E-state index contributed by atoms with van der Waals surface area (Å²) in [5.74, 6) is -0.403. The summed E-state index contributed by atoms with van der Waals surface area (Å²) < 4.78 is 27.6. The Labute approximate surface area is 162 Å². The van der Waals surface area contributed by atoms with Crippen LogP contribution in [0.1, 0.15) is 13.8 Å². The molecule has 0 bridgehead atoms. The molecule has 8 nitrogen and oxygen atoms in total. The van der Waals surface area contributed by atoms with Crippen LogP contribution in [0.2, 0.25) is 0 Å². The van der Waals surface area contributed by atoms with E-state index in [1.54, 1.807) is 38.1 Å². The van der Waals surface area contributed by atoms with E-state index < -0.39 is 28.0 Å². The minimum atomic E-state index is -3.57. The van der Waals surface area contributed by atoms with Gasteiger partial charge < -0.3 is 5.32 Å². The molecular formula is C16H23BrN4O4S. The molecule has 1 unspecified atom stereocenters. The summed E-state index contributed by atoms with van der Waals surface area (Å²) in [7, 11) is -3.57. The number of hydrogen-bond acceptors (Lipinski definition) is 5. The summed E-state index contributed by atoms with van der Waals surface area (Å²) in [6.07, 6.45) is 0. The zero-order valence-electron chi connectivity index (χ0n) is 14.7. The molecule has 1 aromatic carbocycles. The van der Waals surface area contributed by atoms with Gasteiger partial charge in [0.1, 0.15) is 0 Å². The Kier molecular flexibility index (Phi) is 7.16. The van der Waals surface area contributed by atoms with Crippen molar-refractivity contribution in [2.45, 2.75) is 24.8 Å². The molecule has 0 radical (unpaired) electrons. The van der Waals surface area contributed by atoms with E-state index in [-0.39, 0.29) is 18.0 Å². The summed E-state index contributed by atoms with van der Waals surface area (Å²) in [5.41, 5.74) is 0. The number of benzene rings is 1. The summed E-state index contributed by atoms with van der Waals surface area (Å²) in [4.78, 5) is 25.7. The molecule has 0 aromatic heterocycles. The molecule has 1 aliphatic heterocycles. The van der Waals surface area contributed by atoms with Gasteiger partial charge in [-0.1, -0.05) is 22.0 Å². The first kappa shape index (κ1) is 20.8. The fourth-order valence-electron chi connectivity index (χ4n) is 2.69. The number of imide groups is 1. The van der Waals surface area contributed by atoms with Crippen molar-refractivity contribution >= 4 is 37.9 Å². The molecule has 1 fully saturated rings. The van der Waals surface area contributed by atoms with Crippen LogP contribution in [-0.2, 0) is 14.8 Å². The summed E-state index contributed by atoms with van der Waals surface area (Å²) in [5, 5.41) is 4.79. The maximum absolute atomic E-state index is 12.7. The Balaban J connectivity index is 1.96. The fraction of sp³-hybridized carbons (Fsp3) is 0.500. The number of carbonyl (C=O) groups is 2. The van der Waals surface area contributed by atoms with E-state index in [0.29, 0.717) is 24.1 Å². The number of carbonyl (C=O) groups excluding carboxylic acids is 2. The van der Waals surface area contributed by atoms with Crippen molar-refractivity contribution in [1.82, 2.24) is 19.8 Å². The van der Waals surface area contributed by atoms with E-state index >= 15 is 0 Å². The van der Waals surface area contributed by atoms with Gasteiger partial charge in [-0.2, -0.15) is 4.31 Å². The largest absolute Gasteiger partial charge is 0.338 e. The minimum Gasteiger partial charge on any atom is -0.338 e. The van der Waals surface area contributed by atoms with Gasteiger partial charge in [0.2, 0.25) is 15.9 Å². The van der Waals surface area contributed by atoms with Crippen LogP contribution >= 0.6 is 15.9 Å². The molecular weight excluding hydrogens is 424 g/mol. The van der Waals surface area contributed by atoms with E-state index in [1.165, 1.54) is 4.31 Å². The molecule has 1 atom stereocenters. The van der Waals surface area contributed by atoms with Crippen molar-refractivity contribution in [3.63, 3.8) is 0 Å². The predicted molar refractivity (Wildman–Crippen MR) is 101 cm³/mol. The molecule has 1 aromatic rings. The smallest absolute Gasteiger partial charge is 0.321 e. The van der Waals surface area contributed by atoms with E-state index in [9.17, 15) is 18.0 Å². The van der Waals surface area contributed by atoms with Crippen LogP contribution < -0.4 is 10.6 Å². The number of halogens is 1. The second-order valence-electron chi connectivity index (χ2n) is 5.92. The van der Waals surface area contributed by atoms with Crippen molar-refractivity contribution in [2.75, 3.05) is 32.7 Å². The van der Waals surface area contributed by atoms with Gasteiger partial charge in [0.25, 0.3) is 0 Å². The third-order valence-corrected chi connectivity index (χ3v) is 6.60. The Morgan fingerprint density at radius 3 is 2.46 bits per heavy atom. The molecule has 26 heavy (non-hydrogen) atoms. The lowest BCUT2D eigenvalue weighted by Gasteiger charge is -2.36. The molecule has 1 saturated heterocycles. The molecule has 2 N–H and O–H groups in total. The molecule has 0 saturated carbocycles. The number of nitrogens with zero attached hydrogens (tertiary/aromatic N) is 2. The van der Waals surface area contributed by atoms with Gasteiger partial charge in [-0.05, 0) is 32.0 Å². The van der Waals surface area contributed by atoms with E-state index in [4.69, 9.17) is 0 Å². The van der Waals surface area contributed by atoms with E-state index in [1.807, 2.05) is 4.90 Å². The van der Waals surface area contributed by atoms with Crippen molar-refractivity contribution in [1.29, 1.82) is 0 Å². The normalized spacial score (nSPS) is 17.5. The molecule has 0 spiro atoms. The molecule has 10 heteroatoms. The van der Waals surface area contributed by atoms with Gasteiger partial charge in [-0.3, -0.25) is 15.0 Å². The van der Waals surface area contributed by atoms with Crippen LogP contribution in [0.15, 0.2) is 33.6 Å². The van der Waals surface area contributed by atoms with Crippen LogP contribution in [0.4, 0.5) is 4.79 Å². The van der Waals surface area contributed by atoms with Crippen LogP contribution in [-0.4, -0.2) is 68.3 Å². The number of urea groups is 1. The Bertz CT molecular complexity index is 763. The summed E-state index contributed by atoms with van der Waals surface area (Å²) >= 11 is 3.29. The number of nitrogens with one attached hydrogen (secondary N) is 2. The molecule has 0 aliphatic carbocycles. The second kappa shape index (κ2) is 8.94. The lowest BCUT2D eigenvalue weighted by atomic mass is 10.2. The molecule has 1 aliphatic rings. The maximum Gasteiger partial charge on any atom is 0.321 e. The number of piperazine rings is 1. The van der Waals surface area contributed by atoms with Crippen LogP contribution in [0.5, 0.6) is 0 Å². The quantitative estimate of drug-likeness (QED) is 0.702. The lowest BCUT2D eigenvalue weighted by Crippen LogP contribution is -2.56. The van der Waals surface area contributed by atoms with Gasteiger partial charge in [-0.15, -0.1) is 0 Å². The van der Waals surface area contributed by atoms with Crippen LogP contribution in [0, 0.1) is 0 Å². The lowest BCUT2D eigenvalue weighted by molar-refractivity contribution is -0.125. The summed E-state index contributed by atoms with van der Waals surface area (Å²) in [6.45, 7) is 5.29. The van der Waals surface area contributed by atoms with Crippen LogP contribution in [0.25, 0.3) is 0 Å². The second-order valence-corrected chi connectivity index (χ2v) is 8.78. The van der Waals surface area contributed by atoms with Crippen molar-refractivity contribution in [3.05, 3.63) is 28.7 Å². The van der Waals surface area contributed by atoms with E-state index in [0.717, 1.165) is 0 Å². The van der Waals surface area contributed by atoms with Crippen molar-refractivity contribution < 1.29 is 18.0 Å². The highest BCUT2D eigenvalue weighted by atomic mass is 79.9. The number of rotatable bonds is 5. The topological polar surface area (TPSA) is 98.8 Å². The number of hydrogen-bond donors (Lipinski definition) is 2. The molecule has 2 rings (SSSR count). The number of amides is 3. The predicted octanol–water partition coefficient (Wildman–Crippen LogP) is 0.990. The Hall–Kier alpha value is -1.49. The zero-order chi connectivity index (χ0) is 19.3. The standard InChI is InChI=1S/C16H23BrN4O4S/c1-3-18-16(23)19-15(22)12(2)20-7-9-21(10-8-20)26(24,25)14-6-4-5-13(17)11-14/h4-6,11-12H,3,7-10H2,1-2H3,(H2,18,19,22,23). The third-order valence-electron chi connectivity index (χ3n) is 4.21. The fourth-order valence-corrected chi connectivity index (χ4v) is 4.71. The monoisotopic (exact) mass is 446 g/mol. The molecule has 144 valence electrons. The SMILES string of the molecule is CCNC(=O)NC(=O)C(C)N1CCN(S(=O)(=O)c2cccc(Br)c2)CC1. The third kappa shape index (κ3) is 5.03. The Morgan fingerprint density at radius 1 is 1.23 bits per heavy atom. The highest BCUT2D eigenvalue weighted by molar-refractivity contribution is 9.10. The molecule has 3 amide bonds. The van der Waals surface area contributed by atoms with Crippen molar-refractivity contribution in [3.8, 4) is 0 Å². The molecule has 1 heterocycles. The number of sulfonamides is 1. The minimum absolute atomic E-state index is 0.238. The van der Waals surface area contributed by atoms with Crippen LogP contribution in [0.3, 0.4) is 0 Å². The first-order chi connectivity index (χ1) is 12.3. The van der Waals surface area contributed by atoms with Gasteiger partial charge in [0, 0.05) is 37.2 Å². The van der Waals surface area contributed by atoms with Crippen molar-refractivity contribution in [2.24, 2.45) is 0 Å². The summed E-state index contributed by atoms with van der Waals surface area (Å²) in [6, 6.07) is 5.54. The van der Waals surface area contributed by atoms with Gasteiger partial charge in [0.05, 0.1) is 10.9 Å². The first-order valence-electron chi connectivity index (χ1n) is 8.34. The Morgan fingerprint density at radius 2 is 1.88 bits per heavy atom.